The van der Waals surface area contributed by atoms with Crippen LogP contribution in [0.3, 0.4) is 0 Å². The molecule has 37 heavy (non-hydrogen) atoms. The zero-order valence-electron chi connectivity index (χ0n) is 20.4. The van der Waals surface area contributed by atoms with Gasteiger partial charge in [-0.1, -0.05) is 31.7 Å². The van der Waals surface area contributed by atoms with Crippen molar-refractivity contribution in [3.05, 3.63) is 94.6 Å². The highest BCUT2D eigenvalue weighted by atomic mass is 32.2. The molecule has 0 bridgehead atoms. The molecule has 0 saturated heterocycles. The van der Waals surface area contributed by atoms with E-state index in [2.05, 4.69) is 34.4 Å². The molecule has 0 fully saturated rings. The van der Waals surface area contributed by atoms with E-state index in [0.29, 0.717) is 35.2 Å². The maximum Gasteiger partial charge on any atom is 0.251 e. The monoisotopic (exact) mass is 526 g/mol. The highest BCUT2D eigenvalue weighted by molar-refractivity contribution is 7.99. The van der Waals surface area contributed by atoms with Crippen LogP contribution >= 0.6 is 23.1 Å². The first-order valence-electron chi connectivity index (χ1n) is 11.8. The molecule has 0 aliphatic rings. The van der Waals surface area contributed by atoms with Crippen molar-refractivity contribution in [3.8, 4) is 0 Å². The second kappa shape index (κ2) is 11.0. The molecule has 0 aliphatic heterocycles. The van der Waals surface area contributed by atoms with Crippen molar-refractivity contribution >= 4 is 57.2 Å². The van der Waals surface area contributed by atoms with E-state index in [-0.39, 0.29) is 5.91 Å². The number of hydrogen-bond donors (Lipinski definition) is 3. The van der Waals surface area contributed by atoms with Crippen molar-refractivity contribution in [2.45, 2.75) is 36.1 Å². The molecule has 1 amide bonds. The summed E-state index contributed by atoms with van der Waals surface area (Å²) in [6.45, 7) is 4.69. The molecule has 7 nitrogen and oxygen atoms in total. The molecule has 4 N–H and O–H groups in total. The largest absolute Gasteiger partial charge is 0.399 e. The Labute approximate surface area is 223 Å². The Hall–Kier alpha value is -3.95. The number of aromatic nitrogens is 3. The Bertz CT molecular complexity index is 1530. The molecule has 0 atom stereocenters. The number of nitrogens with zero attached hydrogens (tertiary/aromatic N) is 3. The molecule has 3 aromatic heterocycles. The van der Waals surface area contributed by atoms with Crippen molar-refractivity contribution in [3.63, 3.8) is 0 Å². The van der Waals surface area contributed by atoms with Gasteiger partial charge in [-0.15, -0.1) is 11.3 Å². The van der Waals surface area contributed by atoms with Crippen LogP contribution in [0.4, 0.5) is 17.2 Å². The van der Waals surface area contributed by atoms with Gasteiger partial charge in [0.1, 0.15) is 12.1 Å². The Morgan fingerprint density at radius 3 is 2.65 bits per heavy atom. The number of rotatable bonds is 8. The van der Waals surface area contributed by atoms with Crippen LogP contribution in [0.25, 0.3) is 11.0 Å². The highest BCUT2D eigenvalue weighted by Gasteiger charge is 2.14. The summed E-state index contributed by atoms with van der Waals surface area (Å²) >= 11 is 3.19. The topological polar surface area (TPSA) is 106 Å². The van der Waals surface area contributed by atoms with Crippen molar-refractivity contribution in [1.29, 1.82) is 0 Å². The second-order valence-corrected chi connectivity index (χ2v) is 10.9. The van der Waals surface area contributed by atoms with Crippen LogP contribution in [0.15, 0.2) is 88.2 Å². The maximum atomic E-state index is 13.0. The third-order valence-corrected chi connectivity index (χ3v) is 7.68. The van der Waals surface area contributed by atoms with Gasteiger partial charge >= 0.3 is 0 Å². The van der Waals surface area contributed by atoms with E-state index in [4.69, 9.17) is 10.7 Å². The van der Waals surface area contributed by atoms with Crippen molar-refractivity contribution in [2.75, 3.05) is 11.1 Å². The fraction of sp³-hybridized carbons (Fsp3) is 0.143. The smallest absolute Gasteiger partial charge is 0.251 e. The molecule has 0 spiro atoms. The number of nitrogen functional groups attached to an aromatic ring is 1. The Balaban J connectivity index is 1.48. The maximum absolute atomic E-state index is 13.0. The van der Waals surface area contributed by atoms with Crippen molar-refractivity contribution < 1.29 is 4.79 Å². The summed E-state index contributed by atoms with van der Waals surface area (Å²) in [5, 5.41) is 9.25. The van der Waals surface area contributed by atoms with E-state index in [9.17, 15) is 4.79 Å². The van der Waals surface area contributed by atoms with Crippen molar-refractivity contribution in [2.24, 2.45) is 0 Å². The number of carbonyl (C=O) groups excluding carboxylic acids is 1. The minimum absolute atomic E-state index is 0.142. The summed E-state index contributed by atoms with van der Waals surface area (Å²) in [5.41, 5.74) is 9.49. The number of carbonyl (C=O) groups is 1. The Kier molecular flexibility index (Phi) is 7.34. The van der Waals surface area contributed by atoms with E-state index < -0.39 is 0 Å². The predicted molar refractivity (Wildman–Crippen MR) is 152 cm³/mol. The molecule has 9 heteroatoms. The lowest BCUT2D eigenvalue weighted by Crippen LogP contribution is -2.22. The highest BCUT2D eigenvalue weighted by Crippen LogP contribution is 2.36. The lowest BCUT2D eigenvalue weighted by molar-refractivity contribution is 0.0951. The number of amides is 1. The zero-order valence-corrected chi connectivity index (χ0v) is 22.1. The second-order valence-electron chi connectivity index (χ2n) is 8.75. The SMILES string of the molecule is CC(C)c1ccc2c(Nc3cc(C(=O)NCc4cccs4)ccc3Sc3ccc(N)cc3)ncnc2n1. The van der Waals surface area contributed by atoms with Gasteiger partial charge in [-0.3, -0.25) is 4.79 Å². The Morgan fingerprint density at radius 1 is 1.05 bits per heavy atom. The fourth-order valence-electron chi connectivity index (χ4n) is 3.71. The summed E-state index contributed by atoms with van der Waals surface area (Å²) in [6.07, 6.45) is 1.51. The molecule has 5 aromatic rings. The molecule has 2 aromatic carbocycles. The van der Waals surface area contributed by atoms with Gasteiger partial charge in [0, 0.05) is 31.6 Å². The molecule has 0 radical (unpaired) electrons. The summed E-state index contributed by atoms with van der Waals surface area (Å²) < 4.78 is 0. The van der Waals surface area contributed by atoms with Gasteiger partial charge < -0.3 is 16.4 Å². The van der Waals surface area contributed by atoms with E-state index in [1.165, 1.54) is 6.33 Å². The normalized spacial score (nSPS) is 11.1. The van der Waals surface area contributed by atoms with Crippen LogP contribution in [-0.2, 0) is 6.54 Å². The fourth-order valence-corrected chi connectivity index (χ4v) is 5.24. The average molecular weight is 527 g/mol. The molecule has 186 valence electrons. The first-order valence-corrected chi connectivity index (χ1v) is 13.5. The van der Waals surface area contributed by atoms with Gasteiger partial charge in [-0.25, -0.2) is 15.0 Å². The third kappa shape index (κ3) is 5.90. The summed E-state index contributed by atoms with van der Waals surface area (Å²) in [5.74, 6) is 0.780. The minimum Gasteiger partial charge on any atom is -0.399 e. The third-order valence-electron chi connectivity index (χ3n) is 5.72. The van der Waals surface area contributed by atoms with Gasteiger partial charge in [0.25, 0.3) is 5.91 Å². The molecule has 3 heterocycles. The van der Waals surface area contributed by atoms with Gasteiger partial charge in [0.2, 0.25) is 0 Å². The number of hydrogen-bond acceptors (Lipinski definition) is 8. The number of pyridine rings is 1. The quantitative estimate of drug-likeness (QED) is 0.195. The molecule has 5 rings (SSSR count). The number of nitrogens with two attached hydrogens (primary N) is 1. The van der Waals surface area contributed by atoms with Crippen LogP contribution < -0.4 is 16.4 Å². The van der Waals surface area contributed by atoms with Gasteiger partial charge in [-0.2, -0.15) is 0 Å². The first kappa shape index (κ1) is 24.7. The summed E-state index contributed by atoms with van der Waals surface area (Å²) in [6, 6.07) is 21.3. The first-order chi connectivity index (χ1) is 18.0. The average Bonchev–Trinajstić information content (AvgIpc) is 3.43. The number of benzene rings is 2. The molecule has 0 aliphatic carbocycles. The Morgan fingerprint density at radius 2 is 1.89 bits per heavy atom. The minimum atomic E-state index is -0.142. The number of fused-ring (bicyclic) bond motifs is 1. The van der Waals surface area contributed by atoms with E-state index in [0.717, 1.165) is 31.4 Å². The van der Waals surface area contributed by atoms with Crippen molar-refractivity contribution in [1.82, 2.24) is 20.3 Å². The lowest BCUT2D eigenvalue weighted by atomic mass is 10.1. The number of nitrogens with one attached hydrogen (secondary N) is 2. The standard InChI is InChI=1S/C28H26N6OS2/c1-17(2)23-11-10-22-26(33-23)31-16-32-27(22)34-24-14-18(28(35)30-15-21-4-3-13-36-21)5-12-25(24)37-20-8-6-19(29)7-9-20/h3-14,16-17H,15,29H2,1-2H3,(H,30,35)(H,31,32,33,34). The summed E-state index contributed by atoms with van der Waals surface area (Å²) in [4.78, 5) is 29.6. The van der Waals surface area contributed by atoms with E-state index in [1.807, 2.05) is 72.1 Å². The predicted octanol–water partition coefficient (Wildman–Crippen LogP) is 6.62. The molecule has 0 saturated carbocycles. The van der Waals surface area contributed by atoms with Crippen LogP contribution in [0, 0.1) is 0 Å². The van der Waals surface area contributed by atoms with Gasteiger partial charge in [0.15, 0.2) is 5.65 Å². The number of anilines is 3. The van der Waals surface area contributed by atoms with Gasteiger partial charge in [-0.05, 0) is 72.0 Å². The van der Waals surface area contributed by atoms with Crippen LogP contribution in [-0.4, -0.2) is 20.9 Å². The summed E-state index contributed by atoms with van der Waals surface area (Å²) in [7, 11) is 0. The molecule has 0 unspecified atom stereocenters. The van der Waals surface area contributed by atoms with Crippen LogP contribution in [0.5, 0.6) is 0 Å². The van der Waals surface area contributed by atoms with Crippen LogP contribution in [0.2, 0.25) is 0 Å². The molecular weight excluding hydrogens is 500 g/mol. The van der Waals surface area contributed by atoms with E-state index >= 15 is 0 Å². The molecular formula is C28H26N6OS2. The van der Waals surface area contributed by atoms with Crippen LogP contribution in [0.1, 0.15) is 40.7 Å². The lowest BCUT2D eigenvalue weighted by Gasteiger charge is -2.15. The van der Waals surface area contributed by atoms with Gasteiger partial charge in [0.05, 0.1) is 17.6 Å². The van der Waals surface area contributed by atoms with E-state index in [1.54, 1.807) is 23.1 Å². The zero-order chi connectivity index (χ0) is 25.8. The number of thiophene rings is 1.